The van der Waals surface area contributed by atoms with Crippen LogP contribution in [0.1, 0.15) is 25.7 Å². The van der Waals surface area contributed by atoms with Crippen molar-refractivity contribution in [3.63, 3.8) is 0 Å². The minimum Gasteiger partial charge on any atom is -0.371 e. The number of carbonyl (C=O) groups excluding carboxylic acids is 1. The summed E-state index contributed by atoms with van der Waals surface area (Å²) in [6.07, 6.45) is 4.12. The molecule has 1 N–H and O–H groups in total. The van der Waals surface area contributed by atoms with Crippen LogP contribution in [0.15, 0.2) is 5.16 Å². The van der Waals surface area contributed by atoms with Crippen LogP contribution in [0.4, 0.5) is 0 Å². The molecule has 1 fully saturated rings. The Morgan fingerprint density at radius 2 is 2.21 bits per heavy atom. The first-order chi connectivity index (χ1) is 6.70. The van der Waals surface area contributed by atoms with Gasteiger partial charge in [0.05, 0.1) is 0 Å². The van der Waals surface area contributed by atoms with Crippen molar-refractivity contribution >= 4 is 35.0 Å². The van der Waals surface area contributed by atoms with Gasteiger partial charge in [0, 0.05) is 13.0 Å². The molecule has 0 amide bonds. The average molecular weight is 239 g/mol. The van der Waals surface area contributed by atoms with Crippen LogP contribution >= 0.6 is 23.2 Å². The fraction of sp³-hybridized carbons (Fsp3) is 0.750. The summed E-state index contributed by atoms with van der Waals surface area (Å²) >= 11 is 10.6. The van der Waals surface area contributed by atoms with Gasteiger partial charge in [-0.25, -0.2) is 4.79 Å². The summed E-state index contributed by atoms with van der Waals surface area (Å²) in [5.41, 5.74) is 0. The van der Waals surface area contributed by atoms with E-state index in [2.05, 4.69) is 15.3 Å². The fourth-order valence-electron chi connectivity index (χ4n) is 1.13. The maximum Gasteiger partial charge on any atom is 0.367 e. The zero-order valence-electron chi connectivity index (χ0n) is 7.63. The Bertz CT molecular complexity index is 221. The predicted molar refractivity (Wildman–Crippen MR) is 55.5 cm³/mol. The molecule has 1 rings (SSSR count). The third-order valence-corrected chi connectivity index (χ3v) is 2.20. The van der Waals surface area contributed by atoms with Crippen molar-refractivity contribution in [2.24, 2.45) is 5.16 Å². The summed E-state index contributed by atoms with van der Waals surface area (Å²) in [4.78, 5) is 14.2. The number of alkyl halides is 2. The van der Waals surface area contributed by atoms with Gasteiger partial charge in [0.1, 0.15) is 5.84 Å². The highest BCUT2D eigenvalue weighted by Crippen LogP contribution is 2.07. The van der Waals surface area contributed by atoms with Crippen LogP contribution in [0.5, 0.6) is 0 Å². The van der Waals surface area contributed by atoms with Gasteiger partial charge in [-0.05, 0) is 12.8 Å². The highest BCUT2D eigenvalue weighted by molar-refractivity contribution is 6.52. The number of carbonyl (C=O) groups is 1. The molecule has 0 bridgehead atoms. The number of nitrogens with one attached hydrogen (secondary N) is 1. The lowest BCUT2D eigenvalue weighted by Gasteiger charge is -2.03. The molecule has 0 aromatic rings. The zero-order valence-corrected chi connectivity index (χ0v) is 9.14. The van der Waals surface area contributed by atoms with Gasteiger partial charge >= 0.3 is 5.97 Å². The molecule has 1 saturated heterocycles. The number of rotatable bonds is 2. The van der Waals surface area contributed by atoms with Gasteiger partial charge in [0.2, 0.25) is 4.84 Å². The van der Waals surface area contributed by atoms with Crippen molar-refractivity contribution in [1.29, 1.82) is 0 Å². The summed E-state index contributed by atoms with van der Waals surface area (Å²) in [5, 5.41) is 6.71. The van der Waals surface area contributed by atoms with E-state index in [1.165, 1.54) is 0 Å². The van der Waals surface area contributed by atoms with E-state index in [1.807, 2.05) is 0 Å². The lowest BCUT2D eigenvalue weighted by atomic mass is 10.2. The van der Waals surface area contributed by atoms with E-state index in [1.54, 1.807) is 0 Å². The standard InChI is InChI=1S/C8H12Cl2N2O2/c9-7(10)8(13)14-12-6-4-2-1-3-5-11-6/h7H,1-5H2,(H,11,12). The second-order valence-electron chi connectivity index (χ2n) is 2.99. The molecular formula is C8H12Cl2N2O2. The number of halogens is 2. The highest BCUT2D eigenvalue weighted by atomic mass is 35.5. The van der Waals surface area contributed by atoms with Gasteiger partial charge < -0.3 is 10.2 Å². The van der Waals surface area contributed by atoms with Crippen LogP contribution in [0.3, 0.4) is 0 Å². The van der Waals surface area contributed by atoms with Crippen molar-refractivity contribution in [3.05, 3.63) is 0 Å². The Balaban J connectivity index is 2.38. The van der Waals surface area contributed by atoms with E-state index in [0.717, 1.165) is 32.2 Å². The van der Waals surface area contributed by atoms with Crippen molar-refractivity contribution in [1.82, 2.24) is 5.32 Å². The quantitative estimate of drug-likeness (QED) is 0.454. The number of hydrogen-bond acceptors (Lipinski definition) is 3. The first-order valence-electron chi connectivity index (χ1n) is 4.50. The Kier molecular flexibility index (Phi) is 5.04. The molecule has 1 heterocycles. The van der Waals surface area contributed by atoms with Crippen molar-refractivity contribution in [3.8, 4) is 0 Å². The van der Waals surface area contributed by atoms with Crippen LogP contribution in [-0.2, 0) is 9.63 Å². The van der Waals surface area contributed by atoms with Crippen LogP contribution in [0.25, 0.3) is 0 Å². The molecule has 0 aromatic heterocycles. The van der Waals surface area contributed by atoms with E-state index in [4.69, 9.17) is 23.2 Å². The minimum atomic E-state index is -1.18. The second kappa shape index (κ2) is 6.09. The van der Waals surface area contributed by atoms with Crippen LogP contribution in [0, 0.1) is 0 Å². The average Bonchev–Trinajstić information content (AvgIpc) is 2.42. The summed E-state index contributed by atoms with van der Waals surface area (Å²) in [7, 11) is 0. The summed E-state index contributed by atoms with van der Waals surface area (Å²) in [5.74, 6) is -0.0586. The Hall–Kier alpha value is -0.480. The van der Waals surface area contributed by atoms with Gasteiger partial charge in [-0.15, -0.1) is 0 Å². The SMILES string of the molecule is O=C(O/N=C1\CCCCCN1)C(Cl)Cl. The predicted octanol–water partition coefficient (Wildman–Crippen LogP) is 1.81. The molecule has 14 heavy (non-hydrogen) atoms. The van der Waals surface area contributed by atoms with Crippen LogP contribution in [0.2, 0.25) is 0 Å². The molecule has 1 aliphatic heterocycles. The molecule has 80 valence electrons. The molecule has 0 atom stereocenters. The maximum atomic E-state index is 10.9. The summed E-state index contributed by atoms with van der Waals surface area (Å²) < 4.78 is 0. The Morgan fingerprint density at radius 1 is 1.43 bits per heavy atom. The van der Waals surface area contributed by atoms with E-state index >= 15 is 0 Å². The topological polar surface area (TPSA) is 50.7 Å². The molecular weight excluding hydrogens is 227 g/mol. The normalized spacial score (nSPS) is 20.4. The van der Waals surface area contributed by atoms with E-state index in [9.17, 15) is 4.79 Å². The minimum absolute atomic E-state index is 0.685. The van der Waals surface area contributed by atoms with Gasteiger partial charge in [0.25, 0.3) is 0 Å². The number of hydrogen-bond donors (Lipinski definition) is 1. The lowest BCUT2D eigenvalue weighted by molar-refractivity contribution is -0.141. The lowest BCUT2D eigenvalue weighted by Crippen LogP contribution is -2.23. The Labute approximate surface area is 92.6 Å². The molecule has 0 saturated carbocycles. The maximum absolute atomic E-state index is 10.9. The second-order valence-corrected chi connectivity index (χ2v) is 4.08. The first kappa shape index (κ1) is 11.6. The summed E-state index contributed by atoms with van der Waals surface area (Å²) in [6, 6.07) is 0. The third kappa shape index (κ3) is 4.15. The number of amidine groups is 1. The van der Waals surface area contributed by atoms with Crippen LogP contribution in [-0.4, -0.2) is 23.2 Å². The zero-order chi connectivity index (χ0) is 10.4. The smallest absolute Gasteiger partial charge is 0.367 e. The van der Waals surface area contributed by atoms with Gasteiger partial charge in [-0.2, -0.15) is 0 Å². The molecule has 4 nitrogen and oxygen atoms in total. The van der Waals surface area contributed by atoms with Gasteiger partial charge in [-0.1, -0.05) is 34.8 Å². The van der Waals surface area contributed by atoms with Gasteiger partial charge in [-0.3, -0.25) is 0 Å². The first-order valence-corrected chi connectivity index (χ1v) is 5.37. The largest absolute Gasteiger partial charge is 0.371 e. The number of nitrogens with zero attached hydrogens (tertiary/aromatic N) is 1. The molecule has 0 aromatic carbocycles. The fourth-order valence-corrected chi connectivity index (χ4v) is 1.21. The monoisotopic (exact) mass is 238 g/mol. The van der Waals surface area contributed by atoms with Crippen molar-refractivity contribution in [2.75, 3.05) is 6.54 Å². The van der Waals surface area contributed by atoms with Crippen molar-refractivity contribution < 1.29 is 9.63 Å². The molecule has 0 aliphatic carbocycles. The molecule has 1 aliphatic rings. The van der Waals surface area contributed by atoms with Crippen LogP contribution < -0.4 is 5.32 Å². The van der Waals surface area contributed by atoms with E-state index in [-0.39, 0.29) is 0 Å². The Morgan fingerprint density at radius 3 is 2.93 bits per heavy atom. The van der Waals surface area contributed by atoms with Crippen molar-refractivity contribution in [2.45, 2.75) is 30.5 Å². The highest BCUT2D eigenvalue weighted by Gasteiger charge is 2.14. The molecule has 0 spiro atoms. The molecule has 0 radical (unpaired) electrons. The summed E-state index contributed by atoms with van der Waals surface area (Å²) in [6.45, 7) is 0.863. The van der Waals surface area contributed by atoms with E-state index in [0.29, 0.717) is 5.84 Å². The van der Waals surface area contributed by atoms with Gasteiger partial charge in [0.15, 0.2) is 0 Å². The third-order valence-electron chi connectivity index (χ3n) is 1.84. The molecule has 0 unspecified atom stereocenters. The molecule has 6 heteroatoms. The number of oxime groups is 1. The van der Waals surface area contributed by atoms with E-state index < -0.39 is 10.8 Å².